The minimum absolute atomic E-state index is 0.106. The minimum Gasteiger partial charge on any atom is -0.496 e. The van der Waals surface area contributed by atoms with Gasteiger partial charge in [0.15, 0.2) is 0 Å². The summed E-state index contributed by atoms with van der Waals surface area (Å²) in [6.45, 7) is 5.96. The molecule has 0 bridgehead atoms. The highest BCUT2D eigenvalue weighted by atomic mass is 16.5. The molecule has 0 atom stereocenters. The van der Waals surface area contributed by atoms with Gasteiger partial charge < -0.3 is 14.8 Å². The standard InChI is InChI=1S/C16H23NO3/c1-4-20-11-5-10-17-16(18)9-7-14-12-13(2)6-8-15(14)19-3/h6-9,12H,4-5,10-11H2,1-3H3,(H,17,18)/b9-7+. The summed E-state index contributed by atoms with van der Waals surface area (Å²) in [6, 6.07) is 5.86. The second-order valence-corrected chi connectivity index (χ2v) is 4.42. The molecule has 0 radical (unpaired) electrons. The van der Waals surface area contributed by atoms with Crippen LogP contribution in [0, 0.1) is 6.92 Å². The van der Waals surface area contributed by atoms with Crippen molar-refractivity contribution in [3.05, 3.63) is 35.4 Å². The Hall–Kier alpha value is -1.81. The molecule has 0 fully saturated rings. The van der Waals surface area contributed by atoms with Crippen molar-refractivity contribution in [1.82, 2.24) is 5.32 Å². The van der Waals surface area contributed by atoms with Crippen molar-refractivity contribution in [2.45, 2.75) is 20.3 Å². The van der Waals surface area contributed by atoms with Gasteiger partial charge in [-0.3, -0.25) is 4.79 Å². The van der Waals surface area contributed by atoms with Gasteiger partial charge in [-0.25, -0.2) is 0 Å². The van der Waals surface area contributed by atoms with Crippen molar-refractivity contribution in [1.29, 1.82) is 0 Å². The number of hydrogen-bond donors (Lipinski definition) is 1. The van der Waals surface area contributed by atoms with Crippen LogP contribution in [0.2, 0.25) is 0 Å². The van der Waals surface area contributed by atoms with Gasteiger partial charge in [-0.1, -0.05) is 11.6 Å². The predicted molar refractivity (Wildman–Crippen MR) is 80.9 cm³/mol. The predicted octanol–water partition coefficient (Wildman–Crippen LogP) is 2.56. The second-order valence-electron chi connectivity index (χ2n) is 4.42. The maximum Gasteiger partial charge on any atom is 0.244 e. The van der Waals surface area contributed by atoms with Gasteiger partial charge in [0.1, 0.15) is 5.75 Å². The Bertz CT molecular complexity index is 455. The Morgan fingerprint density at radius 1 is 1.40 bits per heavy atom. The first-order valence-corrected chi connectivity index (χ1v) is 6.85. The van der Waals surface area contributed by atoms with Crippen LogP contribution in [0.1, 0.15) is 24.5 Å². The zero-order valence-electron chi connectivity index (χ0n) is 12.4. The average Bonchev–Trinajstić information content (AvgIpc) is 2.45. The molecule has 4 nitrogen and oxygen atoms in total. The summed E-state index contributed by atoms with van der Waals surface area (Å²) >= 11 is 0. The van der Waals surface area contributed by atoms with Crippen LogP contribution in [0.25, 0.3) is 6.08 Å². The van der Waals surface area contributed by atoms with E-state index in [9.17, 15) is 4.79 Å². The first-order valence-electron chi connectivity index (χ1n) is 6.85. The first kappa shape index (κ1) is 16.2. The Kier molecular flexibility index (Phi) is 7.43. The summed E-state index contributed by atoms with van der Waals surface area (Å²) in [5.41, 5.74) is 2.03. The van der Waals surface area contributed by atoms with E-state index in [4.69, 9.17) is 9.47 Å². The summed E-state index contributed by atoms with van der Waals surface area (Å²) in [7, 11) is 1.62. The van der Waals surface area contributed by atoms with E-state index in [0.717, 1.165) is 23.3 Å². The van der Waals surface area contributed by atoms with Crippen LogP contribution >= 0.6 is 0 Å². The molecule has 20 heavy (non-hydrogen) atoms. The molecule has 0 spiro atoms. The molecule has 0 aliphatic carbocycles. The third-order valence-corrected chi connectivity index (χ3v) is 2.77. The molecule has 1 rings (SSSR count). The molecule has 1 N–H and O–H groups in total. The number of amides is 1. The fraction of sp³-hybridized carbons (Fsp3) is 0.438. The van der Waals surface area contributed by atoms with Gasteiger partial charge in [-0.05, 0) is 38.5 Å². The topological polar surface area (TPSA) is 47.6 Å². The second kappa shape index (κ2) is 9.15. The van der Waals surface area contributed by atoms with Crippen molar-refractivity contribution in [3.8, 4) is 5.75 Å². The third-order valence-electron chi connectivity index (χ3n) is 2.77. The summed E-state index contributed by atoms with van der Waals surface area (Å²) in [5, 5.41) is 2.82. The lowest BCUT2D eigenvalue weighted by molar-refractivity contribution is -0.116. The summed E-state index contributed by atoms with van der Waals surface area (Å²) in [5.74, 6) is 0.654. The molecule has 110 valence electrons. The van der Waals surface area contributed by atoms with Gasteiger partial charge in [0.05, 0.1) is 7.11 Å². The van der Waals surface area contributed by atoms with Gasteiger partial charge in [0.2, 0.25) is 5.91 Å². The molecule has 1 amide bonds. The quantitative estimate of drug-likeness (QED) is 0.587. The van der Waals surface area contributed by atoms with Gasteiger partial charge >= 0.3 is 0 Å². The van der Waals surface area contributed by atoms with E-state index in [2.05, 4.69) is 5.32 Å². The Morgan fingerprint density at radius 2 is 2.20 bits per heavy atom. The Balaban J connectivity index is 2.46. The average molecular weight is 277 g/mol. The van der Waals surface area contributed by atoms with Gasteiger partial charge in [-0.15, -0.1) is 0 Å². The lowest BCUT2D eigenvalue weighted by Gasteiger charge is -2.06. The van der Waals surface area contributed by atoms with E-state index in [1.54, 1.807) is 13.2 Å². The fourth-order valence-corrected chi connectivity index (χ4v) is 1.74. The first-order chi connectivity index (χ1) is 9.67. The smallest absolute Gasteiger partial charge is 0.244 e. The molecule has 1 aromatic rings. The van der Waals surface area contributed by atoms with Crippen molar-refractivity contribution < 1.29 is 14.3 Å². The number of nitrogens with one attached hydrogen (secondary N) is 1. The van der Waals surface area contributed by atoms with Crippen LogP contribution in [0.4, 0.5) is 0 Å². The van der Waals surface area contributed by atoms with Gasteiger partial charge in [0, 0.05) is 31.4 Å². The molecule has 0 aliphatic heterocycles. The van der Waals surface area contributed by atoms with Crippen molar-refractivity contribution >= 4 is 12.0 Å². The minimum atomic E-state index is -0.106. The number of carbonyl (C=O) groups excluding carboxylic acids is 1. The molecular formula is C16H23NO3. The number of benzene rings is 1. The lowest BCUT2D eigenvalue weighted by Crippen LogP contribution is -2.23. The Labute approximate surface area is 120 Å². The van der Waals surface area contributed by atoms with E-state index in [1.807, 2.05) is 32.0 Å². The molecule has 0 saturated carbocycles. The highest BCUT2D eigenvalue weighted by Crippen LogP contribution is 2.20. The van der Waals surface area contributed by atoms with Crippen LogP contribution in [0.3, 0.4) is 0 Å². The van der Waals surface area contributed by atoms with E-state index >= 15 is 0 Å². The highest BCUT2D eigenvalue weighted by Gasteiger charge is 2.00. The summed E-state index contributed by atoms with van der Waals surface area (Å²) in [6.07, 6.45) is 4.11. The zero-order valence-corrected chi connectivity index (χ0v) is 12.4. The van der Waals surface area contributed by atoms with Crippen molar-refractivity contribution in [2.75, 3.05) is 26.9 Å². The molecule has 0 heterocycles. The van der Waals surface area contributed by atoms with Crippen LogP contribution in [0.5, 0.6) is 5.75 Å². The van der Waals surface area contributed by atoms with Crippen LogP contribution in [-0.2, 0) is 9.53 Å². The van der Waals surface area contributed by atoms with E-state index in [-0.39, 0.29) is 5.91 Å². The molecule has 0 aromatic heterocycles. The third kappa shape index (κ3) is 5.89. The molecule has 4 heteroatoms. The van der Waals surface area contributed by atoms with E-state index in [1.165, 1.54) is 6.08 Å². The van der Waals surface area contributed by atoms with Crippen LogP contribution < -0.4 is 10.1 Å². The van der Waals surface area contributed by atoms with Crippen molar-refractivity contribution in [2.24, 2.45) is 0 Å². The van der Waals surface area contributed by atoms with Crippen LogP contribution in [0.15, 0.2) is 24.3 Å². The van der Waals surface area contributed by atoms with Crippen LogP contribution in [-0.4, -0.2) is 32.8 Å². The number of hydrogen-bond acceptors (Lipinski definition) is 3. The number of rotatable bonds is 8. The highest BCUT2D eigenvalue weighted by molar-refractivity contribution is 5.92. The molecule has 1 aromatic carbocycles. The van der Waals surface area contributed by atoms with Gasteiger partial charge in [-0.2, -0.15) is 0 Å². The SMILES string of the molecule is CCOCCCNC(=O)/C=C/c1cc(C)ccc1OC. The monoisotopic (exact) mass is 277 g/mol. The number of aryl methyl sites for hydroxylation is 1. The number of methoxy groups -OCH3 is 1. The van der Waals surface area contributed by atoms with E-state index < -0.39 is 0 Å². The van der Waals surface area contributed by atoms with Gasteiger partial charge in [0.25, 0.3) is 0 Å². The maximum atomic E-state index is 11.7. The fourth-order valence-electron chi connectivity index (χ4n) is 1.74. The zero-order chi connectivity index (χ0) is 14.8. The maximum absolute atomic E-state index is 11.7. The van der Waals surface area contributed by atoms with E-state index in [0.29, 0.717) is 19.8 Å². The Morgan fingerprint density at radius 3 is 2.90 bits per heavy atom. The van der Waals surface area contributed by atoms with Crippen molar-refractivity contribution in [3.63, 3.8) is 0 Å². The summed E-state index contributed by atoms with van der Waals surface area (Å²) < 4.78 is 10.5. The summed E-state index contributed by atoms with van der Waals surface area (Å²) in [4.78, 5) is 11.7. The largest absolute Gasteiger partial charge is 0.496 e. The lowest BCUT2D eigenvalue weighted by atomic mass is 10.1. The number of carbonyl (C=O) groups is 1. The number of ether oxygens (including phenoxy) is 2. The molecular weight excluding hydrogens is 254 g/mol. The molecule has 0 unspecified atom stereocenters. The molecule has 0 saturated heterocycles. The molecule has 0 aliphatic rings. The normalized spacial score (nSPS) is 10.8.